The highest BCUT2D eigenvalue weighted by atomic mass is 16.4. The average molecular weight is 260 g/mol. The summed E-state index contributed by atoms with van der Waals surface area (Å²) in [5.74, 6) is -1.54. The van der Waals surface area contributed by atoms with Gasteiger partial charge in [-0.1, -0.05) is 12.8 Å². The molecule has 6 nitrogen and oxygen atoms in total. The van der Waals surface area contributed by atoms with Gasteiger partial charge in [-0.15, -0.1) is 0 Å². The lowest BCUT2D eigenvalue weighted by molar-refractivity contribution is -0.143. The molecule has 0 heterocycles. The number of hydrogen-bond acceptors (Lipinski definition) is 4. The van der Waals surface area contributed by atoms with E-state index in [0.717, 1.165) is 12.8 Å². The van der Waals surface area contributed by atoms with Gasteiger partial charge in [-0.05, 0) is 33.9 Å². The summed E-state index contributed by atoms with van der Waals surface area (Å²) in [4.78, 5) is 22.2. The van der Waals surface area contributed by atoms with E-state index < -0.39 is 11.9 Å². The van der Waals surface area contributed by atoms with Crippen LogP contribution in [0, 0.1) is 0 Å². The second-order valence-electron chi connectivity index (χ2n) is 4.54. The van der Waals surface area contributed by atoms with Crippen LogP contribution in [0.25, 0.3) is 0 Å². The Morgan fingerprint density at radius 2 is 1.83 bits per heavy atom. The van der Waals surface area contributed by atoms with Gasteiger partial charge in [-0.25, -0.2) is 0 Å². The number of rotatable bonds is 5. The maximum atomic E-state index is 10.7. The van der Waals surface area contributed by atoms with Crippen molar-refractivity contribution >= 4 is 11.9 Å². The molecule has 0 saturated heterocycles. The molecule has 6 heteroatoms. The zero-order valence-corrected chi connectivity index (χ0v) is 11.3. The number of aliphatic carboxylic acids is 2. The third kappa shape index (κ3) is 6.56. The maximum absolute atomic E-state index is 10.7. The van der Waals surface area contributed by atoms with Crippen molar-refractivity contribution in [3.63, 3.8) is 0 Å². The first kappa shape index (κ1) is 16.9. The molecule has 1 fully saturated rings. The molecule has 3 N–H and O–H groups in total. The maximum Gasteiger partial charge on any atom is 0.320 e. The van der Waals surface area contributed by atoms with Crippen LogP contribution in [0.5, 0.6) is 0 Å². The molecule has 1 aliphatic carbocycles. The van der Waals surface area contributed by atoms with Crippen molar-refractivity contribution in [2.75, 3.05) is 20.6 Å². The Labute approximate surface area is 108 Å². The summed E-state index contributed by atoms with van der Waals surface area (Å²) < 4.78 is 0. The van der Waals surface area contributed by atoms with Gasteiger partial charge in [-0.3, -0.25) is 14.5 Å². The van der Waals surface area contributed by atoms with Gasteiger partial charge in [-0.2, -0.15) is 0 Å². The SMILES string of the molecule is CNCC(=O)O.C[C@@H](C(=O)O)N(C)C1CCCC1. The number of hydrogen-bond donors (Lipinski definition) is 3. The number of nitrogens with zero attached hydrogens (tertiary/aromatic N) is 1. The predicted octanol–water partition coefficient (Wildman–Crippen LogP) is 0.624. The highest BCUT2D eigenvalue weighted by Crippen LogP contribution is 2.23. The number of nitrogens with one attached hydrogen (secondary N) is 1. The molecule has 1 aliphatic rings. The van der Waals surface area contributed by atoms with Crippen molar-refractivity contribution < 1.29 is 19.8 Å². The summed E-state index contributed by atoms with van der Waals surface area (Å²) in [6, 6.07) is 0.157. The normalized spacial score (nSPS) is 17.1. The largest absolute Gasteiger partial charge is 0.480 e. The van der Waals surface area contributed by atoms with Gasteiger partial charge >= 0.3 is 11.9 Å². The van der Waals surface area contributed by atoms with E-state index >= 15 is 0 Å². The van der Waals surface area contributed by atoms with Crippen LogP contribution in [-0.4, -0.2) is 59.8 Å². The van der Waals surface area contributed by atoms with Crippen molar-refractivity contribution in [3.8, 4) is 0 Å². The smallest absolute Gasteiger partial charge is 0.320 e. The Bertz CT molecular complexity index is 265. The van der Waals surface area contributed by atoms with Gasteiger partial charge in [0.1, 0.15) is 6.04 Å². The molecule has 1 atom stereocenters. The van der Waals surface area contributed by atoms with Gasteiger partial charge in [0.05, 0.1) is 6.54 Å². The summed E-state index contributed by atoms with van der Waals surface area (Å²) in [5.41, 5.74) is 0. The average Bonchev–Trinajstić information content (AvgIpc) is 2.81. The van der Waals surface area contributed by atoms with Gasteiger partial charge in [0.15, 0.2) is 0 Å². The molecule has 1 saturated carbocycles. The first-order valence-corrected chi connectivity index (χ1v) is 6.21. The van der Waals surface area contributed by atoms with Crippen molar-refractivity contribution in [1.82, 2.24) is 10.2 Å². The highest BCUT2D eigenvalue weighted by molar-refractivity contribution is 5.72. The van der Waals surface area contributed by atoms with E-state index in [1.807, 2.05) is 11.9 Å². The van der Waals surface area contributed by atoms with Crippen molar-refractivity contribution in [1.29, 1.82) is 0 Å². The van der Waals surface area contributed by atoms with Crippen LogP contribution in [0.2, 0.25) is 0 Å². The van der Waals surface area contributed by atoms with E-state index in [-0.39, 0.29) is 12.6 Å². The Morgan fingerprint density at radius 1 is 1.33 bits per heavy atom. The lowest BCUT2D eigenvalue weighted by Gasteiger charge is -2.27. The van der Waals surface area contributed by atoms with Gasteiger partial charge in [0.2, 0.25) is 0 Å². The molecule has 0 unspecified atom stereocenters. The van der Waals surface area contributed by atoms with Gasteiger partial charge in [0.25, 0.3) is 0 Å². The van der Waals surface area contributed by atoms with E-state index in [4.69, 9.17) is 10.2 Å². The van der Waals surface area contributed by atoms with Gasteiger partial charge < -0.3 is 15.5 Å². The monoisotopic (exact) mass is 260 g/mol. The topological polar surface area (TPSA) is 89.9 Å². The number of carboxylic acids is 2. The molecule has 0 amide bonds. The summed E-state index contributed by atoms with van der Waals surface area (Å²) in [6.07, 6.45) is 4.82. The quantitative estimate of drug-likeness (QED) is 0.671. The zero-order valence-electron chi connectivity index (χ0n) is 11.3. The summed E-state index contributed by atoms with van der Waals surface area (Å²) >= 11 is 0. The Balaban J connectivity index is 0.000000411. The molecule has 0 aromatic rings. The molecule has 0 bridgehead atoms. The standard InChI is InChI=1S/C9H17NO2.C3H7NO2/c1-7(9(11)12)10(2)8-5-3-4-6-8;1-4-2-3(5)6/h7-8H,3-6H2,1-2H3,(H,11,12);4H,2H2,1H3,(H,5,6)/t7-;/m0./s1. The van der Waals surface area contributed by atoms with Crippen LogP contribution in [0.1, 0.15) is 32.6 Å². The second kappa shape index (κ2) is 8.88. The zero-order chi connectivity index (χ0) is 14.1. The van der Waals surface area contributed by atoms with Crippen LogP contribution in [0.4, 0.5) is 0 Å². The molecule has 0 spiro atoms. The lowest BCUT2D eigenvalue weighted by atomic mass is 10.2. The molecule has 0 aliphatic heterocycles. The van der Waals surface area contributed by atoms with E-state index in [0.29, 0.717) is 6.04 Å². The Morgan fingerprint density at radius 3 is 2.11 bits per heavy atom. The van der Waals surface area contributed by atoms with Crippen LogP contribution < -0.4 is 5.32 Å². The lowest BCUT2D eigenvalue weighted by Crippen LogP contribution is -2.41. The molecule has 0 aromatic carbocycles. The summed E-state index contributed by atoms with van der Waals surface area (Å²) in [6.45, 7) is 1.79. The minimum absolute atomic E-state index is 0.0417. The second-order valence-corrected chi connectivity index (χ2v) is 4.54. The third-order valence-electron chi connectivity index (χ3n) is 3.20. The van der Waals surface area contributed by atoms with Crippen LogP contribution >= 0.6 is 0 Å². The molecule has 106 valence electrons. The summed E-state index contributed by atoms with van der Waals surface area (Å²) in [7, 11) is 3.50. The van der Waals surface area contributed by atoms with E-state index in [1.54, 1.807) is 14.0 Å². The van der Waals surface area contributed by atoms with Crippen molar-refractivity contribution in [3.05, 3.63) is 0 Å². The number of carboxylic acid groups (broad SMARTS) is 2. The molecular formula is C12H24N2O4. The van der Waals surface area contributed by atoms with E-state index in [9.17, 15) is 9.59 Å². The third-order valence-corrected chi connectivity index (χ3v) is 3.20. The fraction of sp³-hybridized carbons (Fsp3) is 0.833. The molecule has 0 aromatic heterocycles. The Hall–Kier alpha value is -1.14. The molecular weight excluding hydrogens is 236 g/mol. The van der Waals surface area contributed by atoms with Crippen LogP contribution in [0.3, 0.4) is 0 Å². The van der Waals surface area contributed by atoms with Crippen molar-refractivity contribution in [2.45, 2.75) is 44.7 Å². The molecule has 0 radical (unpaired) electrons. The molecule has 18 heavy (non-hydrogen) atoms. The highest BCUT2D eigenvalue weighted by Gasteiger charge is 2.26. The Kier molecular flexibility index (Phi) is 8.32. The van der Waals surface area contributed by atoms with Crippen molar-refractivity contribution in [2.24, 2.45) is 0 Å². The first-order chi connectivity index (χ1) is 8.40. The first-order valence-electron chi connectivity index (χ1n) is 6.21. The minimum atomic E-state index is -0.822. The van der Waals surface area contributed by atoms with E-state index in [1.165, 1.54) is 12.8 Å². The molecule has 1 rings (SSSR count). The van der Waals surface area contributed by atoms with Crippen LogP contribution in [-0.2, 0) is 9.59 Å². The van der Waals surface area contributed by atoms with Gasteiger partial charge in [0, 0.05) is 6.04 Å². The fourth-order valence-electron chi connectivity index (χ4n) is 1.95. The summed E-state index contributed by atoms with van der Waals surface area (Å²) in [5, 5.41) is 19.1. The minimum Gasteiger partial charge on any atom is -0.480 e. The van der Waals surface area contributed by atoms with Crippen LogP contribution in [0.15, 0.2) is 0 Å². The van der Waals surface area contributed by atoms with E-state index in [2.05, 4.69) is 5.32 Å². The predicted molar refractivity (Wildman–Crippen MR) is 68.7 cm³/mol. The number of carbonyl (C=O) groups is 2. The fourth-order valence-corrected chi connectivity index (χ4v) is 1.95. The number of likely N-dealkylation sites (N-methyl/N-ethyl adjacent to an activating group) is 2.